The van der Waals surface area contributed by atoms with Crippen molar-refractivity contribution in [1.29, 1.82) is 5.26 Å². The smallest absolute Gasteiger partial charge is 0.322 e. The number of piperidine rings is 1. The molecular weight excluding hydrogens is 848 g/mol. The average molecular weight is 902 g/mol. The van der Waals surface area contributed by atoms with Gasteiger partial charge in [0.2, 0.25) is 0 Å². The van der Waals surface area contributed by atoms with Gasteiger partial charge in [-0.2, -0.15) is 10.4 Å². The number of aromatic amines is 1. The van der Waals surface area contributed by atoms with Crippen molar-refractivity contribution in [2.24, 2.45) is 7.05 Å². The van der Waals surface area contributed by atoms with Gasteiger partial charge in [-0.25, -0.2) is 27.3 Å². The van der Waals surface area contributed by atoms with Gasteiger partial charge in [-0.1, -0.05) is 6.92 Å². The van der Waals surface area contributed by atoms with Gasteiger partial charge in [0.1, 0.15) is 34.9 Å². The predicted molar refractivity (Wildman–Crippen MR) is 243 cm³/mol. The quantitative estimate of drug-likeness (QED) is 0.0706. The van der Waals surface area contributed by atoms with Crippen LogP contribution in [0.25, 0.3) is 21.8 Å². The van der Waals surface area contributed by atoms with Gasteiger partial charge in [0.05, 0.1) is 40.0 Å². The van der Waals surface area contributed by atoms with Crippen LogP contribution in [-0.4, -0.2) is 99.8 Å². The average Bonchev–Trinajstić information content (AvgIpc) is 3.90. The Morgan fingerprint density at radius 1 is 1.09 bits per heavy atom. The van der Waals surface area contributed by atoms with Crippen molar-refractivity contribution < 1.29 is 27.5 Å². The van der Waals surface area contributed by atoms with Crippen LogP contribution in [-0.2, 0) is 16.6 Å². The molecule has 1 saturated carbocycles. The topological polar surface area (TPSA) is 177 Å². The molecule has 1 aliphatic carbocycles. The molecule has 4 heterocycles. The number of aromatic nitrogens is 4. The van der Waals surface area contributed by atoms with Gasteiger partial charge < -0.3 is 34.8 Å². The van der Waals surface area contributed by atoms with Crippen LogP contribution >= 0.6 is 12.1 Å². The summed E-state index contributed by atoms with van der Waals surface area (Å²) in [4.78, 5) is 45.5. The third kappa shape index (κ3) is 9.84. The highest BCUT2D eigenvalue weighted by molar-refractivity contribution is 7.98. The maximum atomic E-state index is 15.5. The van der Waals surface area contributed by atoms with Crippen LogP contribution in [0.5, 0.6) is 0 Å². The first-order valence-electron chi connectivity index (χ1n) is 21.7. The molecule has 15 nitrogen and oxygen atoms in total. The van der Waals surface area contributed by atoms with Crippen LogP contribution in [0, 0.1) is 28.8 Å². The Labute approximate surface area is 374 Å². The Morgan fingerprint density at radius 3 is 2.52 bits per heavy atom. The molecule has 0 bridgehead atoms. The molecule has 2 saturated heterocycles. The maximum Gasteiger partial charge on any atom is 0.322 e. The zero-order valence-electron chi connectivity index (χ0n) is 36.5. The van der Waals surface area contributed by atoms with Crippen molar-refractivity contribution in [1.82, 2.24) is 34.3 Å². The summed E-state index contributed by atoms with van der Waals surface area (Å²) in [6, 6.07) is 10.9. The predicted octanol–water partition coefficient (Wildman–Crippen LogP) is 7.86. The Hall–Kier alpha value is -5.68. The monoisotopic (exact) mass is 901 g/mol. The number of nitrogens with zero attached hydrogens (tertiary/aromatic N) is 7. The van der Waals surface area contributed by atoms with Crippen LogP contribution in [0.4, 0.5) is 40.8 Å². The first-order chi connectivity index (χ1) is 30.9. The number of anilines is 4. The van der Waals surface area contributed by atoms with Crippen LogP contribution in [0.3, 0.4) is 0 Å². The second-order valence-electron chi connectivity index (χ2n) is 16.4. The highest BCUT2D eigenvalue weighted by Crippen LogP contribution is 2.42. The van der Waals surface area contributed by atoms with E-state index in [9.17, 15) is 28.4 Å². The fourth-order valence-electron chi connectivity index (χ4n) is 9.05. The van der Waals surface area contributed by atoms with Crippen LogP contribution in [0.2, 0.25) is 0 Å². The summed E-state index contributed by atoms with van der Waals surface area (Å²) < 4.78 is 57.4. The molecule has 8 rings (SSSR count). The fourth-order valence-corrected chi connectivity index (χ4v) is 9.60. The molecule has 0 unspecified atom stereocenters. The number of urea groups is 1. The number of carbonyl (C=O) groups excluding carboxylic acids is 2. The number of nitrogens with one attached hydrogen (secondary N) is 4. The number of ether oxygens (including phenoxy) is 1. The summed E-state index contributed by atoms with van der Waals surface area (Å²) in [7, 11) is 5.19. The van der Waals surface area contributed by atoms with E-state index >= 15 is 4.39 Å². The molecule has 2 amide bonds. The Bertz CT molecular complexity index is 2580. The van der Waals surface area contributed by atoms with E-state index in [1.807, 2.05) is 37.5 Å². The summed E-state index contributed by atoms with van der Waals surface area (Å²) in [5.41, 5.74) is 1.23. The Kier molecular flexibility index (Phi) is 14.8. The van der Waals surface area contributed by atoms with Crippen molar-refractivity contribution in [2.45, 2.75) is 82.3 Å². The summed E-state index contributed by atoms with van der Waals surface area (Å²) in [5, 5.41) is 19.6. The first-order valence-corrected chi connectivity index (χ1v) is 22.4. The van der Waals surface area contributed by atoms with Gasteiger partial charge >= 0.3 is 6.03 Å². The number of fused-ring (bicyclic) bond motifs is 2. The molecule has 3 fully saturated rings. The molecule has 3 aliphatic rings. The van der Waals surface area contributed by atoms with E-state index in [0.717, 1.165) is 82.1 Å². The van der Waals surface area contributed by atoms with E-state index in [2.05, 4.69) is 35.3 Å². The molecule has 64 heavy (non-hydrogen) atoms. The van der Waals surface area contributed by atoms with E-state index < -0.39 is 17.2 Å². The van der Waals surface area contributed by atoms with Gasteiger partial charge in [0, 0.05) is 76.9 Å². The zero-order valence-corrected chi connectivity index (χ0v) is 37.3. The van der Waals surface area contributed by atoms with Gasteiger partial charge in [0.15, 0.2) is 11.6 Å². The minimum absolute atomic E-state index is 0.0170. The summed E-state index contributed by atoms with van der Waals surface area (Å²) in [5.74, 6) is -1.30. The second kappa shape index (κ2) is 20.4. The number of aryl methyl sites for hydroxylation is 1. The highest BCUT2D eigenvalue weighted by atomic mass is 32.2. The van der Waals surface area contributed by atoms with Crippen LogP contribution in [0.15, 0.2) is 47.5 Å². The van der Waals surface area contributed by atoms with E-state index in [-0.39, 0.29) is 64.2 Å². The van der Waals surface area contributed by atoms with Crippen LogP contribution < -0.4 is 25.8 Å². The first kappa shape index (κ1) is 46.3. The molecule has 19 heteroatoms. The number of carbonyl (C=O) groups is 2. The largest absolute Gasteiger partial charge is 0.375 e. The van der Waals surface area contributed by atoms with E-state index in [4.69, 9.17) is 4.74 Å². The lowest BCUT2D eigenvalue weighted by Crippen LogP contribution is -2.48. The fraction of sp³-hybridized carbons (Fsp3) is 0.467. The molecule has 2 aromatic heterocycles. The lowest BCUT2D eigenvalue weighted by molar-refractivity contribution is -0.107. The number of nitriles is 1. The SMILES string of the molecule is CCN(C)SNc1ccc(F)c(Nc2ccc3nc[nH]c(=O)c3c2F)c1C#N.CNC(=O)N(CCC=O)c1nn(C)c2cc(C3CCC(N4CCC5(CCCO5)CC4)CC3)c(F)cc12. The maximum absolute atomic E-state index is 15.5. The molecule has 1 spiro atoms. The summed E-state index contributed by atoms with van der Waals surface area (Å²) in [6.07, 6.45) is 10.9. The number of benzene rings is 3. The van der Waals surface area contributed by atoms with Gasteiger partial charge in [-0.15, -0.1) is 0 Å². The van der Waals surface area contributed by atoms with Crippen molar-refractivity contribution >= 4 is 69.1 Å². The summed E-state index contributed by atoms with van der Waals surface area (Å²) >= 11 is 1.24. The van der Waals surface area contributed by atoms with E-state index in [1.54, 1.807) is 4.68 Å². The third-order valence-electron chi connectivity index (χ3n) is 12.7. The molecule has 340 valence electrons. The molecule has 0 radical (unpaired) electrons. The molecule has 2 aliphatic heterocycles. The number of rotatable bonds is 12. The van der Waals surface area contributed by atoms with Crippen molar-refractivity contribution in [2.75, 3.05) is 61.8 Å². The molecule has 3 aromatic carbocycles. The zero-order chi connectivity index (χ0) is 45.5. The van der Waals surface area contributed by atoms with Gasteiger partial charge in [-0.05, 0) is 106 Å². The highest BCUT2D eigenvalue weighted by Gasteiger charge is 2.40. The minimum Gasteiger partial charge on any atom is -0.375 e. The van der Waals surface area contributed by atoms with E-state index in [1.165, 1.54) is 73.6 Å². The minimum atomic E-state index is -0.881. The molecular formula is C45H54F3N11O4S. The number of aldehydes is 1. The number of H-pyrrole nitrogens is 1. The third-order valence-corrected chi connectivity index (χ3v) is 13.6. The Balaban J connectivity index is 0.000000198. The number of hydrogen-bond acceptors (Lipinski definition) is 12. The standard InChI is InChI=1S/C27H38FN5O3.C18H16F2N6OS/c1-29-26(35)33(12-4-15-34)25-22-17-23(28)21(18-24(22)31(2)30-25)19-5-7-20(8-6-19)32-13-10-27(11-14-32)9-3-16-36-27;1-3-26(2)28-25-12-5-4-11(19)17(10(12)8-21)24-14-7-6-13-15(16(14)20)18(27)23-9-22-13/h15,17-20H,3-14,16H2,1-2H3,(H,29,35);4-7,9,24-25H,3H2,1-2H3,(H,22,23,27). The van der Waals surface area contributed by atoms with Gasteiger partial charge in [-0.3, -0.25) is 14.4 Å². The van der Waals surface area contributed by atoms with Crippen LogP contribution in [0.1, 0.15) is 81.8 Å². The molecule has 4 N–H and O–H groups in total. The summed E-state index contributed by atoms with van der Waals surface area (Å²) in [6.45, 7) is 6.03. The lowest BCUT2D eigenvalue weighted by atomic mass is 9.79. The Morgan fingerprint density at radius 2 is 1.84 bits per heavy atom. The van der Waals surface area contributed by atoms with Crippen molar-refractivity contribution in [3.05, 3.63) is 81.7 Å². The molecule has 0 atom stereocenters. The normalized spacial score (nSPS) is 18.4. The number of halogens is 3. The van der Waals surface area contributed by atoms with Gasteiger partial charge in [0.25, 0.3) is 5.56 Å². The lowest BCUT2D eigenvalue weighted by Gasteiger charge is -2.44. The number of likely N-dealkylation sites (tertiary alicyclic amines) is 1. The number of amides is 2. The van der Waals surface area contributed by atoms with Crippen molar-refractivity contribution in [3.8, 4) is 6.07 Å². The van der Waals surface area contributed by atoms with E-state index in [0.29, 0.717) is 22.9 Å². The molecule has 5 aromatic rings. The van der Waals surface area contributed by atoms with Crippen molar-refractivity contribution in [3.63, 3.8) is 0 Å². The number of hydrogen-bond donors (Lipinski definition) is 4. The second-order valence-corrected chi connectivity index (χ2v) is 17.5.